The van der Waals surface area contributed by atoms with Crippen molar-refractivity contribution in [2.75, 3.05) is 0 Å². The Morgan fingerprint density at radius 2 is 0.889 bits per heavy atom. The van der Waals surface area contributed by atoms with Gasteiger partial charge in [0.1, 0.15) is 0 Å². The molecule has 0 nitrogen and oxygen atoms in total. The summed E-state index contributed by atoms with van der Waals surface area (Å²) in [6.07, 6.45) is 42.6. The van der Waals surface area contributed by atoms with E-state index in [1.807, 2.05) is 0 Å². The van der Waals surface area contributed by atoms with Gasteiger partial charge in [-0.15, -0.1) is 5.73 Å². The fraction of sp³-hybridized carbons (Fsp3) is 0.190. The van der Waals surface area contributed by atoms with E-state index in [1.165, 1.54) is 83.5 Å². The second-order valence-corrected chi connectivity index (χ2v) is 19.3. The van der Waals surface area contributed by atoms with Crippen LogP contribution in [0, 0.1) is 29.6 Å². The molecule has 0 radical (unpaired) electrons. The topological polar surface area (TPSA) is 0 Å². The summed E-state index contributed by atoms with van der Waals surface area (Å²) >= 11 is 0. The highest BCUT2D eigenvalue weighted by Crippen LogP contribution is 2.63. The Kier molecular flexibility index (Phi) is 8.44. The molecule has 302 valence electrons. The molecule has 13 rings (SSSR count). The quantitative estimate of drug-likeness (QED) is 0.137. The largest absolute Gasteiger partial charge is 0.125 e. The molecule has 5 aromatic rings. The summed E-state index contributed by atoms with van der Waals surface area (Å²) in [5, 5.41) is 0. The molecule has 0 saturated heterocycles. The first-order valence-corrected chi connectivity index (χ1v) is 23.3. The molecule has 0 aliphatic heterocycles. The second kappa shape index (κ2) is 14.4. The number of fused-ring (bicyclic) bond motifs is 8. The lowest BCUT2D eigenvalue weighted by molar-refractivity contribution is 0.358. The third-order valence-corrected chi connectivity index (χ3v) is 15.9. The molecule has 8 aliphatic rings. The lowest BCUT2D eigenvalue weighted by atomic mass is 9.51. The number of hydrogen-bond acceptors (Lipinski definition) is 0. The summed E-state index contributed by atoms with van der Waals surface area (Å²) in [7, 11) is 0. The Bertz CT molecular complexity index is 3030. The van der Waals surface area contributed by atoms with Crippen molar-refractivity contribution in [1.82, 2.24) is 0 Å². The van der Waals surface area contributed by atoms with Gasteiger partial charge in [0.2, 0.25) is 0 Å². The van der Waals surface area contributed by atoms with Crippen LogP contribution in [0.2, 0.25) is 0 Å². The monoisotopic (exact) mass is 806 g/mol. The maximum absolute atomic E-state index is 3.53. The molecule has 0 heteroatoms. The van der Waals surface area contributed by atoms with Crippen LogP contribution in [0.5, 0.6) is 0 Å². The van der Waals surface area contributed by atoms with Gasteiger partial charge >= 0.3 is 0 Å². The van der Waals surface area contributed by atoms with E-state index in [4.69, 9.17) is 0 Å². The molecule has 0 spiro atoms. The van der Waals surface area contributed by atoms with E-state index in [0.717, 1.165) is 32.1 Å². The smallest absolute Gasteiger partial charge is 0.0289 e. The molecule has 8 aliphatic carbocycles. The first-order valence-electron chi connectivity index (χ1n) is 23.3. The van der Waals surface area contributed by atoms with Crippen LogP contribution in [-0.2, 0) is 30.1 Å². The summed E-state index contributed by atoms with van der Waals surface area (Å²) in [5.74, 6) is 1.72. The molecule has 0 bridgehead atoms. The van der Waals surface area contributed by atoms with Gasteiger partial charge in [0.05, 0.1) is 0 Å². The highest BCUT2D eigenvalue weighted by atomic mass is 14.6. The van der Waals surface area contributed by atoms with Gasteiger partial charge in [0, 0.05) is 34.5 Å². The molecular weight excluding hydrogens is 757 g/mol. The van der Waals surface area contributed by atoms with Gasteiger partial charge in [-0.2, -0.15) is 0 Å². The van der Waals surface area contributed by atoms with E-state index in [0.29, 0.717) is 29.6 Å². The summed E-state index contributed by atoms with van der Waals surface area (Å²) in [6, 6.07) is 45.3. The molecule has 0 N–H and O–H groups in total. The predicted molar refractivity (Wildman–Crippen MR) is 262 cm³/mol. The van der Waals surface area contributed by atoms with Crippen molar-refractivity contribution >= 4 is 22.3 Å². The fourth-order valence-electron chi connectivity index (χ4n) is 13.3. The SMILES string of the molecule is C1=CC=C2c3cc4c(cc3C3=CC=CC(C=1)C23)C(Cc1ccccc1)(CC1C=CC=CC1)c1cc2c(cc1C4(Cc1ccccc1)Cc1ccccc1)C1=CC=CC3C=CC=C2C13. The first-order chi connectivity index (χ1) is 31.2. The number of benzene rings is 5. The molecule has 5 aromatic carbocycles. The molecule has 0 fully saturated rings. The average molecular weight is 807 g/mol. The minimum Gasteiger partial charge on any atom is -0.125 e. The van der Waals surface area contributed by atoms with E-state index in [9.17, 15) is 0 Å². The Labute approximate surface area is 372 Å². The van der Waals surface area contributed by atoms with Crippen LogP contribution < -0.4 is 0 Å². The molecule has 63 heavy (non-hydrogen) atoms. The van der Waals surface area contributed by atoms with Crippen molar-refractivity contribution in [1.29, 1.82) is 0 Å². The zero-order valence-electron chi connectivity index (χ0n) is 35.6. The van der Waals surface area contributed by atoms with Gasteiger partial charge in [-0.1, -0.05) is 176 Å². The van der Waals surface area contributed by atoms with E-state index in [-0.39, 0.29) is 10.8 Å². The van der Waals surface area contributed by atoms with Gasteiger partial charge in [-0.3, -0.25) is 0 Å². The van der Waals surface area contributed by atoms with Crippen molar-refractivity contribution in [3.63, 3.8) is 0 Å². The zero-order valence-corrected chi connectivity index (χ0v) is 35.6. The van der Waals surface area contributed by atoms with Crippen LogP contribution in [0.4, 0.5) is 0 Å². The molecule has 0 aromatic heterocycles. The molecule has 0 amide bonds. The average Bonchev–Trinajstić information content (AvgIpc) is 3.71. The van der Waals surface area contributed by atoms with Crippen molar-refractivity contribution in [2.45, 2.75) is 42.9 Å². The van der Waals surface area contributed by atoms with E-state index in [2.05, 4.69) is 218 Å². The molecule has 6 atom stereocenters. The molecular formula is C63H50. The van der Waals surface area contributed by atoms with E-state index >= 15 is 0 Å². The Morgan fingerprint density at radius 3 is 1.38 bits per heavy atom. The summed E-state index contributed by atoms with van der Waals surface area (Å²) in [6.45, 7) is 0. The third-order valence-electron chi connectivity index (χ3n) is 15.9. The van der Waals surface area contributed by atoms with Crippen LogP contribution in [0.1, 0.15) is 74.0 Å². The zero-order chi connectivity index (χ0) is 41.5. The normalized spacial score (nSPS) is 26.3. The van der Waals surface area contributed by atoms with Crippen LogP contribution in [0.3, 0.4) is 0 Å². The van der Waals surface area contributed by atoms with Crippen LogP contribution in [0.25, 0.3) is 22.3 Å². The minimum atomic E-state index is -0.371. The highest BCUT2D eigenvalue weighted by molar-refractivity contribution is 6.00. The Morgan fingerprint density at radius 1 is 0.444 bits per heavy atom. The highest BCUT2D eigenvalue weighted by Gasteiger charge is 2.54. The predicted octanol–water partition coefficient (Wildman–Crippen LogP) is 14.3. The van der Waals surface area contributed by atoms with Crippen molar-refractivity contribution in [3.05, 3.63) is 279 Å². The van der Waals surface area contributed by atoms with Crippen LogP contribution in [-0.4, -0.2) is 0 Å². The lowest BCUT2D eigenvalue weighted by Gasteiger charge is -2.52. The Balaban J connectivity index is 1.19. The maximum Gasteiger partial charge on any atom is 0.0289 e. The maximum atomic E-state index is 3.53. The van der Waals surface area contributed by atoms with Gasteiger partial charge in [0.15, 0.2) is 0 Å². The fourth-order valence-corrected chi connectivity index (χ4v) is 13.3. The van der Waals surface area contributed by atoms with E-state index in [1.54, 1.807) is 0 Å². The van der Waals surface area contributed by atoms with Gasteiger partial charge in [-0.05, 0) is 158 Å². The Hall–Kier alpha value is -6.72. The van der Waals surface area contributed by atoms with Crippen LogP contribution >= 0.6 is 0 Å². The van der Waals surface area contributed by atoms with Gasteiger partial charge < -0.3 is 0 Å². The lowest BCUT2D eigenvalue weighted by Crippen LogP contribution is -2.47. The third kappa shape index (κ3) is 5.68. The summed E-state index contributed by atoms with van der Waals surface area (Å²) in [5.41, 5.74) is 24.6. The minimum absolute atomic E-state index is 0.290. The summed E-state index contributed by atoms with van der Waals surface area (Å²) in [4.78, 5) is 0. The summed E-state index contributed by atoms with van der Waals surface area (Å²) < 4.78 is 0. The standard InChI is InChI=1S/C63H50/c1-5-18-42(19-6-1)38-62(39-43-20-7-2-8-21-43)56-34-52-48-30-14-13-26-46-27-15-31-49(60(46)48)53(52)35-57(56)63(40-44-22-9-3-10-23-44,41-45-24-11-4-12-25-45)59-37-55-51-33-17-29-47-28-16-32-50(61(47)51)54(55)36-58(59)62/h1-12,14-24,26-37,45-47,60-61H,25,38-41H2. The van der Waals surface area contributed by atoms with Gasteiger partial charge in [-0.25, -0.2) is 0 Å². The second-order valence-electron chi connectivity index (χ2n) is 19.3. The van der Waals surface area contributed by atoms with E-state index < -0.39 is 0 Å². The number of rotatable bonds is 8. The number of allylic oxidation sites excluding steroid dienone is 19. The molecule has 0 saturated carbocycles. The van der Waals surface area contributed by atoms with Crippen molar-refractivity contribution < 1.29 is 0 Å². The van der Waals surface area contributed by atoms with Crippen LogP contribution in [0.15, 0.2) is 218 Å². The number of hydrogen-bond donors (Lipinski definition) is 0. The van der Waals surface area contributed by atoms with Crippen molar-refractivity contribution in [2.24, 2.45) is 29.6 Å². The molecule has 6 unspecified atom stereocenters. The van der Waals surface area contributed by atoms with Gasteiger partial charge in [0.25, 0.3) is 0 Å². The van der Waals surface area contributed by atoms with Crippen molar-refractivity contribution in [3.8, 4) is 0 Å². The first kappa shape index (κ1) is 36.9. The molecule has 0 heterocycles.